The fourth-order valence-corrected chi connectivity index (χ4v) is 2.72. The van der Waals surface area contributed by atoms with E-state index in [-0.39, 0.29) is 11.2 Å². The smallest absolute Gasteiger partial charge is 0.130 e. The Kier molecular flexibility index (Phi) is 10.6. The molecule has 24 heavy (non-hydrogen) atoms. The minimum atomic E-state index is 0.0518. The molecule has 0 aromatic rings. The van der Waals surface area contributed by atoms with Gasteiger partial charge in [0, 0.05) is 6.42 Å². The van der Waals surface area contributed by atoms with E-state index in [4.69, 9.17) is 0 Å². The molecule has 1 heteroatoms. The highest BCUT2D eigenvalue weighted by Crippen LogP contribution is 2.26. The van der Waals surface area contributed by atoms with Gasteiger partial charge in [0.05, 0.1) is 0 Å². The SMILES string of the molecule is CC(=O)CC(C)(C)C/C=C(C)/C=C(\C)C/C=C(\C)CCC=C(C)C. The summed E-state index contributed by atoms with van der Waals surface area (Å²) in [6.45, 7) is 16.9. The molecule has 0 heterocycles. The van der Waals surface area contributed by atoms with E-state index in [2.05, 4.69) is 72.8 Å². The molecule has 0 fully saturated rings. The molecule has 136 valence electrons. The quantitative estimate of drug-likeness (QED) is 0.302. The molecule has 0 bridgehead atoms. The van der Waals surface area contributed by atoms with E-state index in [0.29, 0.717) is 6.42 Å². The van der Waals surface area contributed by atoms with Crippen molar-refractivity contribution in [1.82, 2.24) is 0 Å². The summed E-state index contributed by atoms with van der Waals surface area (Å²) in [5.74, 6) is 0.270. The third kappa shape index (κ3) is 13.1. The first-order valence-corrected chi connectivity index (χ1v) is 9.14. The molecule has 0 saturated carbocycles. The highest BCUT2D eigenvalue weighted by molar-refractivity contribution is 5.76. The van der Waals surface area contributed by atoms with Crippen LogP contribution in [0.4, 0.5) is 0 Å². The number of hydrogen-bond acceptors (Lipinski definition) is 1. The molecule has 0 aliphatic rings. The number of ketones is 1. The molecule has 0 unspecified atom stereocenters. The van der Waals surface area contributed by atoms with Gasteiger partial charge in [-0.25, -0.2) is 0 Å². The lowest BCUT2D eigenvalue weighted by Crippen LogP contribution is -2.14. The first kappa shape index (κ1) is 22.6. The van der Waals surface area contributed by atoms with Crippen molar-refractivity contribution < 1.29 is 4.79 Å². The lowest BCUT2D eigenvalue weighted by Gasteiger charge is -2.21. The Morgan fingerprint density at radius 3 is 2.04 bits per heavy atom. The normalized spacial score (nSPS) is 13.9. The van der Waals surface area contributed by atoms with Gasteiger partial charge in [-0.2, -0.15) is 0 Å². The third-order valence-corrected chi connectivity index (χ3v) is 4.04. The predicted octanol–water partition coefficient (Wildman–Crippen LogP) is 7.36. The van der Waals surface area contributed by atoms with Gasteiger partial charge in [-0.15, -0.1) is 0 Å². The molecule has 0 saturated heterocycles. The maximum Gasteiger partial charge on any atom is 0.130 e. The van der Waals surface area contributed by atoms with Crippen LogP contribution in [0.1, 0.15) is 87.5 Å². The number of rotatable bonds is 10. The van der Waals surface area contributed by atoms with Crippen LogP contribution >= 0.6 is 0 Å². The Morgan fingerprint density at radius 1 is 0.875 bits per heavy atom. The standard InChI is InChI=1S/C23H38O/c1-18(2)10-9-11-19(3)12-13-20(4)16-21(5)14-15-23(7,8)17-22(6)24/h10,12,14,16H,9,11,13,15,17H2,1-8H3/b19-12+,20-16+,21-14+. The molecule has 0 atom stereocenters. The van der Waals surface area contributed by atoms with Crippen molar-refractivity contribution in [3.05, 3.63) is 46.6 Å². The second-order valence-electron chi connectivity index (χ2n) is 8.26. The molecule has 1 nitrogen and oxygen atoms in total. The zero-order chi connectivity index (χ0) is 18.8. The Balaban J connectivity index is 4.53. The monoisotopic (exact) mass is 330 g/mol. The van der Waals surface area contributed by atoms with E-state index in [1.54, 1.807) is 6.92 Å². The van der Waals surface area contributed by atoms with E-state index >= 15 is 0 Å². The van der Waals surface area contributed by atoms with E-state index in [0.717, 1.165) is 25.7 Å². The summed E-state index contributed by atoms with van der Waals surface area (Å²) in [5.41, 5.74) is 5.59. The number of Topliss-reactive ketones (excluding diaryl/α,β-unsaturated/α-hetero) is 1. The van der Waals surface area contributed by atoms with Gasteiger partial charge >= 0.3 is 0 Å². The summed E-state index contributed by atoms with van der Waals surface area (Å²) in [6.07, 6.45) is 14.1. The summed E-state index contributed by atoms with van der Waals surface area (Å²) in [4.78, 5) is 11.3. The Labute approximate surface area is 150 Å². The third-order valence-electron chi connectivity index (χ3n) is 4.04. The summed E-state index contributed by atoms with van der Waals surface area (Å²) < 4.78 is 0. The van der Waals surface area contributed by atoms with E-state index in [1.165, 1.54) is 22.3 Å². The van der Waals surface area contributed by atoms with Crippen molar-refractivity contribution in [3.63, 3.8) is 0 Å². The van der Waals surface area contributed by atoms with E-state index < -0.39 is 0 Å². The molecule has 0 aromatic carbocycles. The lowest BCUT2D eigenvalue weighted by molar-refractivity contribution is -0.118. The van der Waals surface area contributed by atoms with Gasteiger partial charge in [-0.1, -0.05) is 60.4 Å². The van der Waals surface area contributed by atoms with E-state index in [1.807, 2.05) is 0 Å². The molecule has 0 aliphatic carbocycles. The first-order valence-electron chi connectivity index (χ1n) is 9.14. The van der Waals surface area contributed by atoms with Gasteiger partial charge in [0.1, 0.15) is 5.78 Å². The van der Waals surface area contributed by atoms with Crippen LogP contribution in [0.3, 0.4) is 0 Å². The average molecular weight is 331 g/mol. The Morgan fingerprint density at radius 2 is 1.50 bits per heavy atom. The van der Waals surface area contributed by atoms with Crippen molar-refractivity contribution in [3.8, 4) is 0 Å². The van der Waals surface area contributed by atoms with Crippen molar-refractivity contribution in [1.29, 1.82) is 0 Å². The maximum atomic E-state index is 11.3. The summed E-state index contributed by atoms with van der Waals surface area (Å²) >= 11 is 0. The molecular weight excluding hydrogens is 292 g/mol. The minimum Gasteiger partial charge on any atom is -0.300 e. The molecule has 0 aromatic heterocycles. The van der Waals surface area contributed by atoms with Gasteiger partial charge in [0.15, 0.2) is 0 Å². The number of hydrogen-bond donors (Lipinski definition) is 0. The first-order chi connectivity index (χ1) is 11.0. The highest BCUT2D eigenvalue weighted by Gasteiger charge is 2.18. The van der Waals surface area contributed by atoms with Crippen LogP contribution in [0.2, 0.25) is 0 Å². The van der Waals surface area contributed by atoms with Crippen LogP contribution in [-0.4, -0.2) is 5.78 Å². The average Bonchev–Trinajstić information content (AvgIpc) is 2.41. The fourth-order valence-electron chi connectivity index (χ4n) is 2.72. The zero-order valence-corrected chi connectivity index (χ0v) is 17.3. The van der Waals surface area contributed by atoms with Crippen molar-refractivity contribution in [2.75, 3.05) is 0 Å². The summed E-state index contributed by atoms with van der Waals surface area (Å²) in [5, 5.41) is 0. The zero-order valence-electron chi connectivity index (χ0n) is 17.3. The van der Waals surface area contributed by atoms with Crippen LogP contribution in [0.15, 0.2) is 46.6 Å². The van der Waals surface area contributed by atoms with Crippen molar-refractivity contribution >= 4 is 5.78 Å². The summed E-state index contributed by atoms with van der Waals surface area (Å²) in [7, 11) is 0. The maximum absolute atomic E-state index is 11.3. The largest absolute Gasteiger partial charge is 0.300 e. The van der Waals surface area contributed by atoms with Gasteiger partial charge in [0.2, 0.25) is 0 Å². The summed E-state index contributed by atoms with van der Waals surface area (Å²) in [6, 6.07) is 0. The van der Waals surface area contributed by atoms with Crippen LogP contribution in [0, 0.1) is 5.41 Å². The second kappa shape index (κ2) is 11.2. The van der Waals surface area contributed by atoms with Gasteiger partial charge in [0.25, 0.3) is 0 Å². The molecule has 0 rings (SSSR count). The van der Waals surface area contributed by atoms with Crippen molar-refractivity contribution in [2.45, 2.75) is 87.5 Å². The van der Waals surface area contributed by atoms with E-state index in [9.17, 15) is 4.79 Å². The van der Waals surface area contributed by atoms with Gasteiger partial charge in [-0.3, -0.25) is 0 Å². The molecule has 0 aliphatic heterocycles. The molecular formula is C23H38O. The van der Waals surface area contributed by atoms with Crippen LogP contribution in [-0.2, 0) is 4.79 Å². The number of carbonyl (C=O) groups excluding carboxylic acids is 1. The lowest BCUT2D eigenvalue weighted by atomic mass is 9.83. The Bertz CT molecular complexity index is 520. The molecule has 0 N–H and O–H groups in total. The highest BCUT2D eigenvalue weighted by atomic mass is 16.1. The number of allylic oxidation sites excluding steroid dienone is 8. The van der Waals surface area contributed by atoms with Crippen LogP contribution in [0.25, 0.3) is 0 Å². The van der Waals surface area contributed by atoms with Crippen molar-refractivity contribution in [2.24, 2.45) is 5.41 Å². The second-order valence-corrected chi connectivity index (χ2v) is 8.26. The predicted molar refractivity (Wildman–Crippen MR) is 108 cm³/mol. The minimum absolute atomic E-state index is 0.0518. The topological polar surface area (TPSA) is 17.1 Å². The molecule has 0 radical (unpaired) electrons. The fraction of sp³-hybridized carbons (Fsp3) is 0.609. The Hall–Kier alpha value is -1.37. The van der Waals surface area contributed by atoms with Crippen LogP contribution < -0.4 is 0 Å². The van der Waals surface area contributed by atoms with Gasteiger partial charge < -0.3 is 4.79 Å². The molecule has 0 amide bonds. The number of carbonyl (C=O) groups is 1. The van der Waals surface area contributed by atoms with Crippen LogP contribution in [0.5, 0.6) is 0 Å². The molecule has 0 spiro atoms. The van der Waals surface area contributed by atoms with Gasteiger partial charge in [-0.05, 0) is 72.6 Å².